The van der Waals surface area contributed by atoms with Crippen LogP contribution in [0.4, 0.5) is 0 Å². The average molecular weight is 419 g/mol. The van der Waals surface area contributed by atoms with E-state index in [-0.39, 0.29) is 29.0 Å². The first kappa shape index (κ1) is 19.3. The van der Waals surface area contributed by atoms with Crippen LogP contribution >= 0.6 is 0 Å². The van der Waals surface area contributed by atoms with E-state index >= 15 is 0 Å². The van der Waals surface area contributed by atoms with Gasteiger partial charge < -0.3 is 5.11 Å². The zero-order valence-electron chi connectivity index (χ0n) is 11.5. The number of aliphatic hydroxyl groups is 1. The molecule has 1 nitrogen and oxygen atoms in total. The van der Waals surface area contributed by atoms with Gasteiger partial charge in [0.15, 0.2) is 0 Å². The molecule has 2 heteroatoms. The summed E-state index contributed by atoms with van der Waals surface area (Å²) < 4.78 is 0. The molecule has 0 amide bonds. The van der Waals surface area contributed by atoms with Gasteiger partial charge in [0.2, 0.25) is 0 Å². The molecule has 0 aliphatic heterocycles. The molecule has 0 fully saturated rings. The zero-order chi connectivity index (χ0) is 12.4. The van der Waals surface area contributed by atoms with Crippen molar-refractivity contribution in [2.24, 2.45) is 0 Å². The van der Waals surface area contributed by atoms with Crippen LogP contribution in [0.1, 0.15) is 53.4 Å². The van der Waals surface area contributed by atoms with Crippen LogP contribution in [0, 0.1) is 0 Å². The molecule has 0 saturated carbocycles. The van der Waals surface area contributed by atoms with Crippen molar-refractivity contribution in [1.82, 2.24) is 0 Å². The van der Waals surface area contributed by atoms with E-state index in [0.717, 1.165) is 25.7 Å². The van der Waals surface area contributed by atoms with E-state index in [9.17, 15) is 0 Å². The second kappa shape index (κ2) is 12.4. The summed E-state index contributed by atoms with van der Waals surface area (Å²) in [4.78, 5) is 0. The monoisotopic (exact) mass is 419 g/mol. The molecular formula is C15H26AuO. The van der Waals surface area contributed by atoms with Gasteiger partial charge in [-0.1, -0.05) is 34.9 Å². The Labute approximate surface area is 122 Å². The molecule has 1 N–H and O–H groups in total. The van der Waals surface area contributed by atoms with Gasteiger partial charge in [-0.05, 0) is 53.4 Å². The van der Waals surface area contributed by atoms with Crippen molar-refractivity contribution in [2.45, 2.75) is 53.4 Å². The van der Waals surface area contributed by atoms with E-state index < -0.39 is 0 Å². The summed E-state index contributed by atoms with van der Waals surface area (Å²) in [6.45, 7) is 8.71. The Morgan fingerprint density at radius 1 is 0.824 bits per heavy atom. The molecular weight excluding hydrogens is 393 g/mol. The fraction of sp³-hybridized carbons (Fsp3) is 0.600. The van der Waals surface area contributed by atoms with Gasteiger partial charge in [-0.3, -0.25) is 0 Å². The van der Waals surface area contributed by atoms with Gasteiger partial charge in [0.1, 0.15) is 0 Å². The molecule has 0 aromatic carbocycles. The molecule has 0 heterocycles. The molecule has 103 valence electrons. The predicted octanol–water partition coefficient (Wildman–Crippen LogP) is 4.40. The summed E-state index contributed by atoms with van der Waals surface area (Å²) in [5, 5.41) is 8.72. The van der Waals surface area contributed by atoms with Crippen LogP contribution in [0.25, 0.3) is 0 Å². The first-order valence-corrected chi connectivity index (χ1v) is 6.11. The minimum atomic E-state index is 0. The van der Waals surface area contributed by atoms with Crippen LogP contribution in [0.2, 0.25) is 0 Å². The Balaban J connectivity index is 0. The number of rotatable bonds is 7. The third kappa shape index (κ3) is 13.9. The first-order valence-electron chi connectivity index (χ1n) is 6.11. The topological polar surface area (TPSA) is 20.2 Å². The summed E-state index contributed by atoms with van der Waals surface area (Å²) in [6, 6.07) is 0. The summed E-state index contributed by atoms with van der Waals surface area (Å²) >= 11 is 0. The quantitative estimate of drug-likeness (QED) is 0.479. The second-order valence-electron chi connectivity index (χ2n) is 4.64. The first-order chi connectivity index (χ1) is 7.56. The van der Waals surface area contributed by atoms with Gasteiger partial charge in [0.05, 0.1) is 6.61 Å². The standard InChI is InChI=1S/C15H26O.Au/c1-13(2)7-5-8-14(3)9-6-10-15(4)11-12-16;/h7,9,11,16H,5-6,8,10,12H2,1-4H3;/b14-9-,15-11+;. The Hall–Kier alpha value is -0.0797. The van der Waals surface area contributed by atoms with Gasteiger partial charge in [-0.2, -0.15) is 0 Å². The maximum absolute atomic E-state index is 8.72. The fourth-order valence-electron chi connectivity index (χ4n) is 1.49. The molecule has 0 spiro atoms. The molecule has 0 saturated heterocycles. The second-order valence-corrected chi connectivity index (χ2v) is 4.64. The number of hydrogen-bond acceptors (Lipinski definition) is 1. The van der Waals surface area contributed by atoms with Gasteiger partial charge in [0.25, 0.3) is 0 Å². The number of aliphatic hydroxyl groups excluding tert-OH is 1. The summed E-state index contributed by atoms with van der Waals surface area (Å²) in [6.07, 6.45) is 10.9. The van der Waals surface area contributed by atoms with Crippen molar-refractivity contribution in [3.63, 3.8) is 0 Å². The Morgan fingerprint density at radius 2 is 1.29 bits per heavy atom. The van der Waals surface area contributed by atoms with Crippen LogP contribution in [-0.4, -0.2) is 11.7 Å². The third-order valence-electron chi connectivity index (χ3n) is 2.56. The maximum Gasteiger partial charge on any atom is 0.0614 e. The van der Waals surface area contributed by atoms with Crippen LogP contribution in [0.15, 0.2) is 34.9 Å². The molecule has 0 rings (SSSR count). The summed E-state index contributed by atoms with van der Waals surface area (Å²) in [5.74, 6) is 0. The minimum Gasteiger partial charge on any atom is -0.392 e. The van der Waals surface area contributed by atoms with Crippen molar-refractivity contribution in [2.75, 3.05) is 6.61 Å². The molecule has 1 radical (unpaired) electrons. The minimum absolute atomic E-state index is 0. The van der Waals surface area contributed by atoms with Crippen molar-refractivity contribution in [3.05, 3.63) is 34.9 Å². The van der Waals surface area contributed by atoms with Gasteiger partial charge in [0, 0.05) is 22.4 Å². The molecule has 0 aromatic rings. The SMILES string of the molecule is CC(C)=CCC/C(C)=C\CC/C(C)=C/CO.[Au]. The van der Waals surface area contributed by atoms with Crippen LogP contribution < -0.4 is 0 Å². The molecule has 0 aromatic heterocycles. The summed E-state index contributed by atoms with van der Waals surface area (Å²) in [5.41, 5.74) is 4.14. The average Bonchev–Trinajstić information content (AvgIpc) is 2.17. The van der Waals surface area contributed by atoms with E-state index in [0.29, 0.717) is 0 Å². The molecule has 0 atom stereocenters. The Morgan fingerprint density at radius 3 is 1.76 bits per heavy atom. The van der Waals surface area contributed by atoms with Crippen LogP contribution in [0.5, 0.6) is 0 Å². The third-order valence-corrected chi connectivity index (χ3v) is 2.56. The number of hydrogen-bond donors (Lipinski definition) is 1. The largest absolute Gasteiger partial charge is 0.392 e. The van der Waals surface area contributed by atoms with E-state index in [2.05, 4.69) is 39.8 Å². The molecule has 0 aliphatic carbocycles. The van der Waals surface area contributed by atoms with E-state index in [1.54, 1.807) is 0 Å². The number of allylic oxidation sites excluding steroid dienone is 5. The van der Waals surface area contributed by atoms with Crippen molar-refractivity contribution < 1.29 is 27.5 Å². The van der Waals surface area contributed by atoms with Gasteiger partial charge in [-0.15, -0.1) is 0 Å². The van der Waals surface area contributed by atoms with E-state index in [1.165, 1.54) is 16.7 Å². The zero-order valence-corrected chi connectivity index (χ0v) is 13.7. The predicted molar refractivity (Wildman–Crippen MR) is 72.5 cm³/mol. The molecule has 17 heavy (non-hydrogen) atoms. The van der Waals surface area contributed by atoms with Crippen molar-refractivity contribution >= 4 is 0 Å². The van der Waals surface area contributed by atoms with Crippen LogP contribution in [0.3, 0.4) is 0 Å². The fourth-order valence-corrected chi connectivity index (χ4v) is 1.49. The van der Waals surface area contributed by atoms with Gasteiger partial charge in [-0.25, -0.2) is 0 Å². The Bertz CT molecular complexity index is 271. The smallest absolute Gasteiger partial charge is 0.0614 e. The van der Waals surface area contributed by atoms with E-state index in [1.807, 2.05) is 6.08 Å². The van der Waals surface area contributed by atoms with Gasteiger partial charge >= 0.3 is 0 Å². The van der Waals surface area contributed by atoms with E-state index in [4.69, 9.17) is 5.11 Å². The summed E-state index contributed by atoms with van der Waals surface area (Å²) in [7, 11) is 0. The Kier molecular flexibility index (Phi) is 14.0. The molecule has 0 aliphatic rings. The van der Waals surface area contributed by atoms with Crippen LogP contribution in [-0.2, 0) is 22.4 Å². The maximum atomic E-state index is 8.72. The normalized spacial score (nSPS) is 12.1. The molecule has 0 unspecified atom stereocenters. The van der Waals surface area contributed by atoms with Crippen molar-refractivity contribution in [1.29, 1.82) is 0 Å². The van der Waals surface area contributed by atoms with Crippen molar-refractivity contribution in [3.8, 4) is 0 Å². The molecule has 0 bridgehead atoms.